The number of unbranched alkanes of at least 4 members (excludes halogenated alkanes) is 50. The minimum absolute atomic E-state index is 0.00975. The lowest BCUT2D eigenvalue weighted by Gasteiger charge is -2.22. The standard InChI is InChI=1S/C73H139NO5/c1-3-5-7-9-11-13-15-17-19-34-39-43-47-51-55-59-63-67-73(78)79-68-64-60-56-52-48-44-40-36-33-31-29-27-25-23-21-20-22-24-26-28-30-32-35-38-42-46-50-54-58-62-66-72(77)74-70(69-75)71(76)65-61-57-53-49-45-41-37-18-16-14-12-10-8-6-4-2/h11,13,17,19,21,23,70-71,75-76H,3-10,12,14-16,18,20,22,24-69H2,1-2H3,(H,74,77)/b13-11-,19-17-,23-21-. The average Bonchev–Trinajstić information content (AvgIpc) is 3.45. The lowest BCUT2D eigenvalue weighted by atomic mass is 10.0. The van der Waals surface area contributed by atoms with Crippen molar-refractivity contribution >= 4 is 11.9 Å². The Labute approximate surface area is 494 Å². The topological polar surface area (TPSA) is 95.9 Å². The van der Waals surface area contributed by atoms with Gasteiger partial charge in [-0.1, -0.05) is 333 Å². The van der Waals surface area contributed by atoms with Crippen LogP contribution in [0.1, 0.15) is 393 Å². The van der Waals surface area contributed by atoms with Crippen LogP contribution in [0.4, 0.5) is 0 Å². The molecule has 0 rings (SSSR count). The highest BCUT2D eigenvalue weighted by Crippen LogP contribution is 2.19. The lowest BCUT2D eigenvalue weighted by Crippen LogP contribution is -2.45. The molecule has 0 saturated heterocycles. The van der Waals surface area contributed by atoms with Gasteiger partial charge in [-0.25, -0.2) is 0 Å². The molecule has 0 aliphatic heterocycles. The Balaban J connectivity index is 3.36. The summed E-state index contributed by atoms with van der Waals surface area (Å²) in [4.78, 5) is 24.6. The van der Waals surface area contributed by atoms with E-state index in [0.717, 1.165) is 51.4 Å². The minimum Gasteiger partial charge on any atom is -0.466 e. The number of allylic oxidation sites excluding steroid dienone is 6. The average molecular weight is 1110 g/mol. The maximum absolute atomic E-state index is 12.5. The normalized spacial score (nSPS) is 12.7. The van der Waals surface area contributed by atoms with Crippen molar-refractivity contribution < 1.29 is 24.5 Å². The van der Waals surface area contributed by atoms with Gasteiger partial charge in [0.15, 0.2) is 0 Å². The largest absolute Gasteiger partial charge is 0.466 e. The molecule has 79 heavy (non-hydrogen) atoms. The number of rotatable bonds is 67. The first kappa shape index (κ1) is 77.1. The van der Waals surface area contributed by atoms with Gasteiger partial charge in [-0.15, -0.1) is 0 Å². The predicted molar refractivity (Wildman–Crippen MR) is 347 cm³/mol. The second kappa shape index (κ2) is 68.6. The third-order valence-electron chi connectivity index (χ3n) is 16.7. The van der Waals surface area contributed by atoms with Gasteiger partial charge in [-0.05, 0) is 83.5 Å². The van der Waals surface area contributed by atoms with Gasteiger partial charge in [0.25, 0.3) is 0 Å². The summed E-state index contributed by atoms with van der Waals surface area (Å²) in [5.74, 6) is -0.0212. The van der Waals surface area contributed by atoms with Crippen LogP contribution in [0.3, 0.4) is 0 Å². The molecule has 6 heteroatoms. The smallest absolute Gasteiger partial charge is 0.305 e. The van der Waals surface area contributed by atoms with Crippen LogP contribution in [-0.4, -0.2) is 47.4 Å². The number of carbonyl (C=O) groups is 2. The molecule has 0 aromatic carbocycles. The summed E-state index contributed by atoms with van der Waals surface area (Å²) < 4.78 is 5.50. The number of amides is 1. The summed E-state index contributed by atoms with van der Waals surface area (Å²) in [6.07, 6.45) is 87.7. The molecule has 0 radical (unpaired) electrons. The van der Waals surface area contributed by atoms with Crippen LogP contribution in [-0.2, 0) is 14.3 Å². The van der Waals surface area contributed by atoms with Crippen molar-refractivity contribution in [3.63, 3.8) is 0 Å². The summed E-state index contributed by atoms with van der Waals surface area (Å²) in [6.45, 7) is 4.95. The monoisotopic (exact) mass is 1110 g/mol. The quantitative estimate of drug-likeness (QED) is 0.0320. The van der Waals surface area contributed by atoms with Crippen LogP contribution >= 0.6 is 0 Å². The molecule has 0 bridgehead atoms. The van der Waals surface area contributed by atoms with Gasteiger partial charge in [0, 0.05) is 12.8 Å². The molecule has 6 nitrogen and oxygen atoms in total. The number of carbonyl (C=O) groups excluding carboxylic acids is 2. The van der Waals surface area contributed by atoms with E-state index >= 15 is 0 Å². The Morgan fingerprint density at radius 1 is 0.354 bits per heavy atom. The highest BCUT2D eigenvalue weighted by Gasteiger charge is 2.20. The van der Waals surface area contributed by atoms with Gasteiger partial charge in [0.05, 0.1) is 25.4 Å². The molecule has 0 aromatic rings. The zero-order valence-electron chi connectivity index (χ0n) is 53.4. The van der Waals surface area contributed by atoms with E-state index in [-0.39, 0.29) is 18.5 Å². The molecule has 2 unspecified atom stereocenters. The summed E-state index contributed by atoms with van der Waals surface area (Å²) in [7, 11) is 0. The van der Waals surface area contributed by atoms with E-state index in [9.17, 15) is 19.8 Å². The SMILES string of the molecule is CCCCC/C=C\C/C=C\CCCCCCCCCC(=O)OCCCCCCCCCCCCCC/C=C\CCCCCCCCCCCCCCCCC(=O)NC(CO)C(O)CCCCCCCCCCCCCCCCC. The Hall–Kier alpha value is -1.92. The van der Waals surface area contributed by atoms with E-state index in [1.165, 1.54) is 308 Å². The molecule has 0 aliphatic carbocycles. The Morgan fingerprint density at radius 2 is 0.633 bits per heavy atom. The van der Waals surface area contributed by atoms with E-state index in [4.69, 9.17) is 4.74 Å². The van der Waals surface area contributed by atoms with E-state index < -0.39 is 12.1 Å². The van der Waals surface area contributed by atoms with E-state index in [1.54, 1.807) is 0 Å². The van der Waals surface area contributed by atoms with Gasteiger partial charge in [0.1, 0.15) is 0 Å². The maximum atomic E-state index is 12.5. The molecule has 0 heterocycles. The van der Waals surface area contributed by atoms with Crippen LogP contribution in [0.5, 0.6) is 0 Å². The molecule has 0 spiro atoms. The van der Waals surface area contributed by atoms with Crippen molar-refractivity contribution in [1.29, 1.82) is 0 Å². The van der Waals surface area contributed by atoms with Crippen LogP contribution < -0.4 is 5.32 Å². The second-order valence-corrected chi connectivity index (χ2v) is 24.6. The number of aliphatic hydroxyl groups is 2. The maximum Gasteiger partial charge on any atom is 0.305 e. The van der Waals surface area contributed by atoms with Gasteiger partial charge < -0.3 is 20.3 Å². The Kier molecular flexibility index (Phi) is 66.9. The first-order valence-corrected chi connectivity index (χ1v) is 35.7. The van der Waals surface area contributed by atoms with Crippen LogP contribution in [0.2, 0.25) is 0 Å². The molecule has 1 amide bonds. The first-order valence-electron chi connectivity index (χ1n) is 35.7. The molecule has 0 fully saturated rings. The third-order valence-corrected chi connectivity index (χ3v) is 16.7. The highest BCUT2D eigenvalue weighted by molar-refractivity contribution is 5.76. The Morgan fingerprint density at radius 3 is 1.00 bits per heavy atom. The van der Waals surface area contributed by atoms with E-state index in [1.807, 2.05) is 0 Å². The predicted octanol–water partition coefficient (Wildman–Crippen LogP) is 23.1. The number of ether oxygens (including phenoxy) is 1. The van der Waals surface area contributed by atoms with Gasteiger partial charge in [-0.3, -0.25) is 9.59 Å². The van der Waals surface area contributed by atoms with Gasteiger partial charge in [-0.2, -0.15) is 0 Å². The van der Waals surface area contributed by atoms with Crippen molar-refractivity contribution in [2.24, 2.45) is 0 Å². The zero-order valence-corrected chi connectivity index (χ0v) is 53.4. The number of nitrogens with one attached hydrogen (secondary N) is 1. The van der Waals surface area contributed by atoms with Crippen LogP contribution in [0.15, 0.2) is 36.5 Å². The van der Waals surface area contributed by atoms with Gasteiger partial charge >= 0.3 is 5.97 Å². The molecule has 3 N–H and O–H groups in total. The molecule has 0 saturated carbocycles. The fourth-order valence-corrected chi connectivity index (χ4v) is 11.2. The molecule has 0 aliphatic rings. The minimum atomic E-state index is -0.663. The second-order valence-electron chi connectivity index (χ2n) is 24.6. The molecule has 466 valence electrons. The fourth-order valence-electron chi connectivity index (χ4n) is 11.2. The summed E-state index contributed by atoms with van der Waals surface area (Å²) >= 11 is 0. The third kappa shape index (κ3) is 65.1. The molecular weight excluding hydrogens is 971 g/mol. The summed E-state index contributed by atoms with van der Waals surface area (Å²) in [5, 5.41) is 23.3. The molecule has 0 aromatic heterocycles. The van der Waals surface area contributed by atoms with Crippen molar-refractivity contribution in [2.75, 3.05) is 13.2 Å². The van der Waals surface area contributed by atoms with E-state index in [2.05, 4.69) is 55.6 Å². The van der Waals surface area contributed by atoms with Gasteiger partial charge in [0.2, 0.25) is 5.91 Å². The zero-order chi connectivity index (χ0) is 57.1. The fraction of sp³-hybridized carbons (Fsp3) is 0.890. The van der Waals surface area contributed by atoms with Crippen LogP contribution in [0.25, 0.3) is 0 Å². The lowest BCUT2D eigenvalue weighted by molar-refractivity contribution is -0.143. The number of aliphatic hydroxyl groups excluding tert-OH is 2. The van der Waals surface area contributed by atoms with Crippen LogP contribution in [0, 0.1) is 0 Å². The number of hydrogen-bond acceptors (Lipinski definition) is 5. The first-order chi connectivity index (χ1) is 39.0. The molecule has 2 atom stereocenters. The van der Waals surface area contributed by atoms with Crippen molar-refractivity contribution in [2.45, 2.75) is 405 Å². The number of hydrogen-bond donors (Lipinski definition) is 3. The van der Waals surface area contributed by atoms with Crippen molar-refractivity contribution in [1.82, 2.24) is 5.32 Å². The molecular formula is C73H139NO5. The summed E-state index contributed by atoms with van der Waals surface area (Å²) in [6, 6.07) is -0.540. The summed E-state index contributed by atoms with van der Waals surface area (Å²) in [5.41, 5.74) is 0. The number of esters is 1. The highest BCUT2D eigenvalue weighted by atomic mass is 16.5. The van der Waals surface area contributed by atoms with E-state index in [0.29, 0.717) is 25.9 Å². The van der Waals surface area contributed by atoms with Crippen molar-refractivity contribution in [3.8, 4) is 0 Å². The van der Waals surface area contributed by atoms with Crippen molar-refractivity contribution in [3.05, 3.63) is 36.5 Å². The Bertz CT molecular complexity index is 1280.